The minimum Gasteiger partial charge on any atom is -0.481 e. The fourth-order valence-electron chi connectivity index (χ4n) is 3.69. The van der Waals surface area contributed by atoms with Crippen molar-refractivity contribution >= 4 is 11.6 Å². The standard InChI is InChI=1S/C22H24FN6O/c1-15(17-5-8-19(30-2)25-13-17)28-9-11-29(12-10-28)22-20(21(24)26-14-27-22)16-3-6-18(23)7-4-16/h3-8,13-15H,1,9-12H2,2H3,(H2,24,26,27). The number of aromatic nitrogens is 3. The first-order valence-electron chi connectivity index (χ1n) is 9.75. The summed E-state index contributed by atoms with van der Waals surface area (Å²) in [6.07, 6.45) is 3.28. The summed E-state index contributed by atoms with van der Waals surface area (Å²) in [6.45, 7) is 7.47. The molecule has 1 fully saturated rings. The van der Waals surface area contributed by atoms with Gasteiger partial charge < -0.3 is 15.4 Å². The van der Waals surface area contributed by atoms with Crippen molar-refractivity contribution in [2.45, 2.75) is 6.04 Å². The van der Waals surface area contributed by atoms with Crippen molar-refractivity contribution in [3.8, 4) is 17.0 Å². The van der Waals surface area contributed by atoms with Gasteiger partial charge in [0.1, 0.15) is 23.8 Å². The number of benzene rings is 1. The Morgan fingerprint density at radius 3 is 2.40 bits per heavy atom. The maximum absolute atomic E-state index is 13.4. The molecule has 1 unspecified atom stereocenters. The first-order valence-corrected chi connectivity index (χ1v) is 9.75. The van der Waals surface area contributed by atoms with E-state index >= 15 is 0 Å². The maximum atomic E-state index is 13.4. The highest BCUT2D eigenvalue weighted by molar-refractivity contribution is 5.84. The Bertz CT molecular complexity index is 988. The number of pyridine rings is 1. The lowest BCUT2D eigenvalue weighted by atomic mass is 10.1. The normalized spacial score (nSPS) is 15.8. The number of nitrogens with zero attached hydrogens (tertiary/aromatic N) is 5. The Balaban J connectivity index is 1.50. The van der Waals surface area contributed by atoms with Gasteiger partial charge in [-0.2, -0.15) is 0 Å². The molecule has 4 rings (SSSR count). The molecule has 1 aliphatic heterocycles. The van der Waals surface area contributed by atoms with Gasteiger partial charge in [-0.25, -0.2) is 19.3 Å². The van der Waals surface area contributed by atoms with E-state index in [0.29, 0.717) is 11.7 Å². The summed E-state index contributed by atoms with van der Waals surface area (Å²) in [4.78, 5) is 17.4. The topological polar surface area (TPSA) is 80.4 Å². The van der Waals surface area contributed by atoms with Gasteiger partial charge in [-0.3, -0.25) is 4.90 Å². The average Bonchev–Trinajstić information content (AvgIpc) is 2.79. The van der Waals surface area contributed by atoms with Crippen LogP contribution in [0, 0.1) is 12.7 Å². The van der Waals surface area contributed by atoms with Crippen LogP contribution < -0.4 is 15.4 Å². The van der Waals surface area contributed by atoms with E-state index < -0.39 is 0 Å². The molecule has 1 aliphatic rings. The number of nitrogen functional groups attached to an aromatic ring is 1. The Labute approximate surface area is 175 Å². The third-order valence-electron chi connectivity index (χ3n) is 5.40. The molecule has 1 atom stereocenters. The lowest BCUT2D eigenvalue weighted by Crippen LogP contribution is -2.47. The first kappa shape index (κ1) is 20.0. The number of halogens is 1. The van der Waals surface area contributed by atoms with Gasteiger partial charge in [-0.05, 0) is 30.2 Å². The number of hydrogen-bond donors (Lipinski definition) is 1. The second-order valence-electron chi connectivity index (χ2n) is 7.14. The van der Waals surface area contributed by atoms with E-state index in [1.807, 2.05) is 12.1 Å². The van der Waals surface area contributed by atoms with E-state index in [-0.39, 0.29) is 11.9 Å². The molecule has 0 aliphatic carbocycles. The summed E-state index contributed by atoms with van der Waals surface area (Å²) >= 11 is 0. The zero-order valence-electron chi connectivity index (χ0n) is 16.8. The van der Waals surface area contributed by atoms with E-state index in [1.54, 1.807) is 25.4 Å². The van der Waals surface area contributed by atoms with E-state index in [9.17, 15) is 4.39 Å². The van der Waals surface area contributed by atoms with Crippen LogP contribution in [0.25, 0.3) is 11.1 Å². The van der Waals surface area contributed by atoms with Crippen molar-refractivity contribution in [3.63, 3.8) is 0 Å². The van der Waals surface area contributed by atoms with E-state index in [4.69, 9.17) is 10.5 Å². The van der Waals surface area contributed by atoms with Crippen LogP contribution in [-0.2, 0) is 0 Å². The van der Waals surface area contributed by atoms with Crippen molar-refractivity contribution < 1.29 is 9.13 Å². The van der Waals surface area contributed by atoms with Crippen molar-refractivity contribution in [1.82, 2.24) is 19.9 Å². The summed E-state index contributed by atoms with van der Waals surface area (Å²) < 4.78 is 18.5. The number of rotatable bonds is 5. The predicted molar refractivity (Wildman–Crippen MR) is 115 cm³/mol. The minimum absolute atomic E-state index is 0.00223. The van der Waals surface area contributed by atoms with Crippen LogP contribution in [0.2, 0.25) is 0 Å². The molecule has 1 saturated heterocycles. The molecule has 8 heteroatoms. The zero-order chi connectivity index (χ0) is 21.1. The lowest BCUT2D eigenvalue weighted by Gasteiger charge is -2.39. The van der Waals surface area contributed by atoms with Crippen molar-refractivity contribution in [3.05, 3.63) is 67.2 Å². The van der Waals surface area contributed by atoms with Gasteiger partial charge in [0.25, 0.3) is 0 Å². The highest BCUT2D eigenvalue weighted by Gasteiger charge is 2.25. The van der Waals surface area contributed by atoms with Crippen LogP contribution in [0.4, 0.5) is 16.0 Å². The molecule has 30 heavy (non-hydrogen) atoms. The number of methoxy groups -OCH3 is 1. The molecule has 0 bridgehead atoms. The van der Waals surface area contributed by atoms with Gasteiger partial charge in [0.2, 0.25) is 5.88 Å². The van der Waals surface area contributed by atoms with Gasteiger partial charge >= 0.3 is 0 Å². The SMILES string of the molecule is [CH2]C(c1ccc(OC)nc1)N1CCN(c2ncnc(N)c2-c2ccc(F)cc2)CC1. The summed E-state index contributed by atoms with van der Waals surface area (Å²) in [5, 5.41) is 0. The largest absolute Gasteiger partial charge is 0.481 e. The van der Waals surface area contributed by atoms with Crippen LogP contribution in [0.1, 0.15) is 11.6 Å². The number of anilines is 2. The zero-order valence-corrected chi connectivity index (χ0v) is 16.8. The van der Waals surface area contributed by atoms with Gasteiger partial charge in [-0.15, -0.1) is 0 Å². The van der Waals surface area contributed by atoms with Gasteiger partial charge in [0.05, 0.1) is 12.7 Å². The highest BCUT2D eigenvalue weighted by Crippen LogP contribution is 2.34. The molecule has 3 aromatic rings. The Morgan fingerprint density at radius 1 is 1.03 bits per heavy atom. The number of hydrogen-bond acceptors (Lipinski definition) is 7. The third kappa shape index (κ3) is 4.04. The molecule has 7 nitrogen and oxygen atoms in total. The molecule has 0 amide bonds. The van der Waals surface area contributed by atoms with Crippen LogP contribution in [0.3, 0.4) is 0 Å². The Kier molecular flexibility index (Phi) is 5.76. The number of nitrogens with two attached hydrogens (primary N) is 1. The molecular weight excluding hydrogens is 383 g/mol. The molecule has 0 saturated carbocycles. The minimum atomic E-state index is -0.293. The quantitative estimate of drug-likeness (QED) is 0.696. The molecule has 155 valence electrons. The third-order valence-corrected chi connectivity index (χ3v) is 5.40. The Morgan fingerprint density at radius 2 is 1.77 bits per heavy atom. The smallest absolute Gasteiger partial charge is 0.212 e. The van der Waals surface area contributed by atoms with Crippen LogP contribution in [0.15, 0.2) is 48.9 Å². The van der Waals surface area contributed by atoms with Crippen LogP contribution in [0.5, 0.6) is 5.88 Å². The summed E-state index contributed by atoms with van der Waals surface area (Å²) in [7, 11) is 1.60. The van der Waals surface area contributed by atoms with Gasteiger partial charge in [0, 0.05) is 44.5 Å². The van der Waals surface area contributed by atoms with E-state index in [1.165, 1.54) is 18.5 Å². The van der Waals surface area contributed by atoms with Gasteiger partial charge in [-0.1, -0.05) is 18.2 Å². The first-order chi connectivity index (χ1) is 14.6. The molecule has 2 aromatic heterocycles. The predicted octanol–water partition coefficient (Wildman–Crippen LogP) is 2.97. The van der Waals surface area contributed by atoms with Crippen molar-refractivity contribution in [2.24, 2.45) is 0 Å². The molecule has 3 heterocycles. The van der Waals surface area contributed by atoms with E-state index in [0.717, 1.165) is 48.7 Å². The molecule has 2 N–H and O–H groups in total. The van der Waals surface area contributed by atoms with Gasteiger partial charge in [0.15, 0.2) is 0 Å². The second-order valence-corrected chi connectivity index (χ2v) is 7.14. The Hall–Kier alpha value is -3.26. The summed E-state index contributed by atoms with van der Waals surface area (Å²) in [5.41, 5.74) is 8.74. The molecule has 0 spiro atoms. The number of ether oxygens (including phenoxy) is 1. The fraction of sp³-hybridized carbons (Fsp3) is 0.273. The average molecular weight is 407 g/mol. The summed E-state index contributed by atoms with van der Waals surface area (Å²) in [5.74, 6) is 1.44. The second kappa shape index (κ2) is 8.62. The van der Waals surface area contributed by atoms with E-state index in [2.05, 4.69) is 31.7 Å². The highest BCUT2D eigenvalue weighted by atomic mass is 19.1. The van der Waals surface area contributed by atoms with Crippen LogP contribution >= 0.6 is 0 Å². The maximum Gasteiger partial charge on any atom is 0.212 e. The molecular formula is C22H24FN6O. The van der Waals surface area contributed by atoms with Crippen LogP contribution in [-0.4, -0.2) is 53.1 Å². The molecule has 1 radical (unpaired) electrons. The number of piperazine rings is 1. The van der Waals surface area contributed by atoms with Crippen molar-refractivity contribution in [2.75, 3.05) is 43.9 Å². The summed E-state index contributed by atoms with van der Waals surface area (Å²) in [6, 6.07) is 10.1. The van der Waals surface area contributed by atoms with Crippen molar-refractivity contribution in [1.29, 1.82) is 0 Å². The monoisotopic (exact) mass is 407 g/mol. The molecule has 1 aromatic carbocycles. The fourth-order valence-corrected chi connectivity index (χ4v) is 3.69. The lowest BCUT2D eigenvalue weighted by molar-refractivity contribution is 0.215.